The number of hydrogen-bond donors (Lipinski definition) is 0. The zero-order valence-corrected chi connectivity index (χ0v) is 12.3. The monoisotopic (exact) mass is 266 g/mol. The van der Waals surface area contributed by atoms with Crippen molar-refractivity contribution in [1.82, 2.24) is 9.88 Å². The van der Waals surface area contributed by atoms with E-state index in [0.29, 0.717) is 5.92 Å². The number of piperidine rings is 1. The van der Waals surface area contributed by atoms with Crippen molar-refractivity contribution in [2.75, 3.05) is 20.1 Å². The molecule has 1 aromatic heterocycles. The van der Waals surface area contributed by atoms with Crippen molar-refractivity contribution >= 4 is 0 Å². The van der Waals surface area contributed by atoms with Crippen LogP contribution in [0.2, 0.25) is 0 Å². The zero-order valence-electron chi connectivity index (χ0n) is 12.3. The van der Waals surface area contributed by atoms with Gasteiger partial charge in [-0.05, 0) is 51.6 Å². The van der Waals surface area contributed by atoms with Crippen molar-refractivity contribution in [1.29, 1.82) is 0 Å². The number of pyridine rings is 1. The minimum atomic E-state index is 0.582. The van der Waals surface area contributed by atoms with Crippen LogP contribution in [0.4, 0.5) is 0 Å². The Morgan fingerprint density at radius 1 is 1.15 bits per heavy atom. The summed E-state index contributed by atoms with van der Waals surface area (Å²) in [5, 5.41) is 0. The van der Waals surface area contributed by atoms with E-state index in [1.54, 1.807) is 0 Å². The summed E-state index contributed by atoms with van der Waals surface area (Å²) in [6.45, 7) is 4.47. The van der Waals surface area contributed by atoms with E-state index >= 15 is 0 Å². The number of benzene rings is 1. The van der Waals surface area contributed by atoms with Gasteiger partial charge in [0.05, 0.1) is 5.69 Å². The number of aromatic nitrogens is 1. The van der Waals surface area contributed by atoms with E-state index in [9.17, 15) is 0 Å². The molecule has 1 aliphatic rings. The van der Waals surface area contributed by atoms with E-state index in [-0.39, 0.29) is 0 Å². The molecule has 0 aliphatic carbocycles. The zero-order chi connectivity index (χ0) is 13.9. The molecule has 2 aromatic rings. The van der Waals surface area contributed by atoms with Gasteiger partial charge in [0.15, 0.2) is 0 Å². The summed E-state index contributed by atoms with van der Waals surface area (Å²) in [5.74, 6) is 0.582. The second-order valence-electron chi connectivity index (χ2n) is 5.92. The van der Waals surface area contributed by atoms with Crippen molar-refractivity contribution in [3.8, 4) is 11.3 Å². The van der Waals surface area contributed by atoms with Crippen molar-refractivity contribution in [2.24, 2.45) is 0 Å². The Labute approximate surface area is 121 Å². The van der Waals surface area contributed by atoms with Crippen molar-refractivity contribution in [2.45, 2.75) is 25.7 Å². The number of likely N-dealkylation sites (tertiary alicyclic amines) is 1. The SMILES string of the molecule is Cc1cccc(-c2cccc([C@@H]3CCCN(C)C3)n2)c1. The van der Waals surface area contributed by atoms with Gasteiger partial charge in [0.2, 0.25) is 0 Å². The highest BCUT2D eigenvalue weighted by atomic mass is 15.1. The van der Waals surface area contributed by atoms with E-state index in [1.165, 1.54) is 36.2 Å². The smallest absolute Gasteiger partial charge is 0.0705 e. The second kappa shape index (κ2) is 5.76. The molecule has 0 bridgehead atoms. The molecule has 0 unspecified atom stereocenters. The molecule has 104 valence electrons. The van der Waals surface area contributed by atoms with Crippen LogP contribution in [-0.4, -0.2) is 30.0 Å². The van der Waals surface area contributed by atoms with Gasteiger partial charge in [-0.3, -0.25) is 4.98 Å². The van der Waals surface area contributed by atoms with Crippen LogP contribution < -0.4 is 0 Å². The first-order valence-electron chi connectivity index (χ1n) is 7.45. The Morgan fingerprint density at radius 3 is 2.80 bits per heavy atom. The third kappa shape index (κ3) is 2.91. The van der Waals surface area contributed by atoms with Crippen molar-refractivity contribution in [3.63, 3.8) is 0 Å². The van der Waals surface area contributed by atoms with Crippen LogP contribution >= 0.6 is 0 Å². The van der Waals surface area contributed by atoms with E-state index in [1.807, 2.05) is 0 Å². The maximum absolute atomic E-state index is 4.92. The van der Waals surface area contributed by atoms with E-state index in [2.05, 4.69) is 61.3 Å². The van der Waals surface area contributed by atoms with Crippen LogP contribution in [-0.2, 0) is 0 Å². The molecule has 1 aromatic carbocycles. The lowest BCUT2D eigenvalue weighted by atomic mass is 9.94. The highest BCUT2D eigenvalue weighted by Gasteiger charge is 2.20. The highest BCUT2D eigenvalue weighted by Crippen LogP contribution is 2.27. The Morgan fingerprint density at radius 2 is 2.00 bits per heavy atom. The molecular formula is C18H22N2. The number of nitrogens with zero attached hydrogens (tertiary/aromatic N) is 2. The summed E-state index contributed by atoms with van der Waals surface area (Å²) in [5.41, 5.74) is 4.85. The highest BCUT2D eigenvalue weighted by molar-refractivity contribution is 5.60. The minimum Gasteiger partial charge on any atom is -0.306 e. The molecule has 0 saturated carbocycles. The minimum absolute atomic E-state index is 0.582. The first kappa shape index (κ1) is 13.3. The lowest BCUT2D eigenvalue weighted by Crippen LogP contribution is -2.31. The molecule has 1 atom stereocenters. The molecule has 0 spiro atoms. The topological polar surface area (TPSA) is 16.1 Å². The van der Waals surface area contributed by atoms with Gasteiger partial charge in [-0.25, -0.2) is 0 Å². The van der Waals surface area contributed by atoms with Crippen molar-refractivity contribution < 1.29 is 0 Å². The Balaban J connectivity index is 1.89. The average Bonchev–Trinajstić information content (AvgIpc) is 2.47. The second-order valence-corrected chi connectivity index (χ2v) is 5.92. The van der Waals surface area contributed by atoms with Gasteiger partial charge >= 0.3 is 0 Å². The summed E-state index contributed by atoms with van der Waals surface area (Å²) < 4.78 is 0. The molecule has 0 N–H and O–H groups in total. The summed E-state index contributed by atoms with van der Waals surface area (Å²) in [6, 6.07) is 15.0. The first-order chi connectivity index (χ1) is 9.72. The lowest BCUT2D eigenvalue weighted by Gasteiger charge is -2.29. The van der Waals surface area contributed by atoms with E-state index in [4.69, 9.17) is 4.98 Å². The standard InChI is InChI=1S/C18H22N2/c1-14-6-3-7-15(12-14)17-9-4-10-18(19-17)16-8-5-11-20(2)13-16/h3-4,6-7,9-10,12,16H,5,8,11,13H2,1-2H3/t16-/m1/s1. The third-order valence-corrected chi connectivity index (χ3v) is 4.13. The number of hydrogen-bond acceptors (Lipinski definition) is 2. The fourth-order valence-corrected chi connectivity index (χ4v) is 3.05. The fraction of sp³-hybridized carbons (Fsp3) is 0.389. The molecule has 1 aliphatic heterocycles. The molecule has 20 heavy (non-hydrogen) atoms. The normalized spacial score (nSPS) is 20.0. The van der Waals surface area contributed by atoms with E-state index < -0.39 is 0 Å². The largest absolute Gasteiger partial charge is 0.306 e. The predicted molar refractivity (Wildman–Crippen MR) is 83.9 cm³/mol. The van der Waals surface area contributed by atoms with Crippen molar-refractivity contribution in [3.05, 3.63) is 53.7 Å². The van der Waals surface area contributed by atoms with Crippen LogP contribution in [0.25, 0.3) is 11.3 Å². The van der Waals surface area contributed by atoms with Gasteiger partial charge in [-0.2, -0.15) is 0 Å². The van der Waals surface area contributed by atoms with Crippen LogP contribution in [0.3, 0.4) is 0 Å². The summed E-state index contributed by atoms with van der Waals surface area (Å²) in [7, 11) is 2.20. The molecule has 3 rings (SSSR count). The van der Waals surface area contributed by atoms with Crippen LogP contribution in [0, 0.1) is 6.92 Å². The van der Waals surface area contributed by atoms with Gasteiger partial charge in [0.25, 0.3) is 0 Å². The van der Waals surface area contributed by atoms with Gasteiger partial charge in [-0.15, -0.1) is 0 Å². The van der Waals surface area contributed by atoms with Crippen LogP contribution in [0.15, 0.2) is 42.5 Å². The quantitative estimate of drug-likeness (QED) is 0.820. The van der Waals surface area contributed by atoms with E-state index in [0.717, 1.165) is 12.2 Å². The Bertz CT molecular complexity index is 591. The molecule has 1 fully saturated rings. The number of aryl methyl sites for hydroxylation is 1. The van der Waals surface area contributed by atoms with Crippen LogP contribution in [0.5, 0.6) is 0 Å². The molecule has 2 heterocycles. The molecule has 1 saturated heterocycles. The maximum atomic E-state index is 4.92. The lowest BCUT2D eigenvalue weighted by molar-refractivity contribution is 0.248. The number of rotatable bonds is 2. The Kier molecular flexibility index (Phi) is 3.83. The summed E-state index contributed by atoms with van der Waals surface area (Å²) in [6.07, 6.45) is 2.53. The maximum Gasteiger partial charge on any atom is 0.0705 e. The van der Waals surface area contributed by atoms with Gasteiger partial charge < -0.3 is 4.90 Å². The molecular weight excluding hydrogens is 244 g/mol. The average molecular weight is 266 g/mol. The summed E-state index contributed by atoms with van der Waals surface area (Å²) in [4.78, 5) is 7.33. The van der Waals surface area contributed by atoms with Crippen LogP contribution in [0.1, 0.15) is 30.0 Å². The third-order valence-electron chi connectivity index (χ3n) is 4.13. The molecule has 2 nitrogen and oxygen atoms in total. The predicted octanol–water partition coefficient (Wildman–Crippen LogP) is 3.87. The first-order valence-corrected chi connectivity index (χ1v) is 7.45. The van der Waals surface area contributed by atoms with Gasteiger partial charge in [0, 0.05) is 23.7 Å². The number of likely N-dealkylation sites (N-methyl/N-ethyl adjacent to an activating group) is 1. The Hall–Kier alpha value is -1.67. The fourth-order valence-electron chi connectivity index (χ4n) is 3.05. The van der Waals surface area contributed by atoms with Gasteiger partial charge in [-0.1, -0.05) is 29.8 Å². The van der Waals surface area contributed by atoms with Gasteiger partial charge in [0.1, 0.15) is 0 Å². The molecule has 0 amide bonds. The molecule has 2 heteroatoms. The summed E-state index contributed by atoms with van der Waals surface area (Å²) >= 11 is 0. The molecule has 0 radical (unpaired) electrons.